The maximum Gasteiger partial charge on any atom is 0.208 e. The highest BCUT2D eigenvalue weighted by atomic mass is 16.4. The molecule has 0 bridgehead atoms. The molecule has 0 atom stereocenters. The molecule has 0 spiro atoms. The number of phenolic OH excluding ortho intramolecular Hbond substituents is 5. The molecule has 6 nitrogen and oxygen atoms in total. The van der Waals surface area contributed by atoms with Gasteiger partial charge < -0.3 is 29.9 Å². The number of para-hydroxylation sites is 1. The van der Waals surface area contributed by atoms with Crippen LogP contribution in [0.25, 0.3) is 88.0 Å². The van der Waals surface area contributed by atoms with Gasteiger partial charge in [0.05, 0.1) is 5.56 Å². The molecule has 1 heterocycles. The van der Waals surface area contributed by atoms with Crippen molar-refractivity contribution < 1.29 is 29.9 Å². The van der Waals surface area contributed by atoms with Gasteiger partial charge in [-0.2, -0.15) is 0 Å². The molecule has 0 aliphatic heterocycles. The van der Waals surface area contributed by atoms with E-state index in [0.717, 1.165) is 76.9 Å². The van der Waals surface area contributed by atoms with Crippen molar-refractivity contribution in [2.24, 2.45) is 0 Å². The summed E-state index contributed by atoms with van der Waals surface area (Å²) < 4.78 is 6.15. The molecule has 0 saturated heterocycles. The summed E-state index contributed by atoms with van der Waals surface area (Å²) in [6.45, 7) is 0. The van der Waals surface area contributed by atoms with Crippen LogP contribution in [-0.4, -0.2) is 25.5 Å². The summed E-state index contributed by atoms with van der Waals surface area (Å²) in [6.07, 6.45) is 0. The first-order valence-corrected chi connectivity index (χ1v) is 16.1. The predicted molar refractivity (Wildman–Crippen MR) is 199 cm³/mol. The van der Waals surface area contributed by atoms with Crippen LogP contribution < -0.4 is 0 Å². The van der Waals surface area contributed by atoms with Gasteiger partial charge in [-0.25, -0.2) is 0 Å². The van der Waals surface area contributed by atoms with Gasteiger partial charge in [-0.15, -0.1) is 0 Å². The topological polar surface area (TPSA) is 114 Å². The second-order valence-electron chi connectivity index (χ2n) is 12.4. The fraction of sp³-hybridized carbons (Fsp3) is 0. The second kappa shape index (κ2) is 11.1. The fourth-order valence-electron chi connectivity index (χ4n) is 7.26. The zero-order valence-electron chi connectivity index (χ0n) is 26.4. The molecule has 0 aliphatic carbocycles. The molecule has 8 aromatic carbocycles. The molecular formula is C44H28O6. The Balaban J connectivity index is 1.37. The second-order valence-corrected chi connectivity index (χ2v) is 12.4. The lowest BCUT2D eigenvalue weighted by molar-refractivity contribution is 0.330. The molecule has 0 amide bonds. The van der Waals surface area contributed by atoms with E-state index < -0.39 is 28.7 Å². The normalized spacial score (nSPS) is 11.6. The van der Waals surface area contributed by atoms with Crippen LogP contribution in [0.3, 0.4) is 0 Å². The number of hydrogen-bond donors (Lipinski definition) is 5. The van der Waals surface area contributed by atoms with E-state index in [0.29, 0.717) is 5.56 Å². The fourth-order valence-corrected chi connectivity index (χ4v) is 7.26. The number of benzene rings is 8. The molecule has 0 fully saturated rings. The third kappa shape index (κ3) is 4.36. The van der Waals surface area contributed by atoms with Gasteiger partial charge in [0.25, 0.3) is 0 Å². The predicted octanol–water partition coefficient (Wildman–Crippen LogP) is 11.1. The highest BCUT2D eigenvalue weighted by molar-refractivity contribution is 6.23. The van der Waals surface area contributed by atoms with E-state index in [1.54, 1.807) is 6.07 Å². The van der Waals surface area contributed by atoms with Crippen LogP contribution in [0.5, 0.6) is 28.7 Å². The van der Waals surface area contributed by atoms with E-state index in [2.05, 4.69) is 54.6 Å². The van der Waals surface area contributed by atoms with Crippen molar-refractivity contribution in [1.29, 1.82) is 0 Å². The van der Waals surface area contributed by atoms with Crippen LogP contribution in [0.2, 0.25) is 0 Å². The maximum atomic E-state index is 10.9. The standard InChI is InChI=1S/C44H28O6/c45-40-39(41(46)43(48)44(49)42(40)47)28-18-20-32-34(23-28)38(27-19-21-36-33(22-27)29-10-6-7-13-35(29)50-36)31-12-5-4-11-30(31)37(32)26-16-14-25(15-17-26)24-8-2-1-3-9-24/h1-23,45-49H. The molecule has 0 unspecified atom stereocenters. The first kappa shape index (κ1) is 29.2. The Hall–Kier alpha value is -6.92. The van der Waals surface area contributed by atoms with Gasteiger partial charge in [-0.05, 0) is 84.8 Å². The summed E-state index contributed by atoms with van der Waals surface area (Å²) in [5.41, 5.74) is 7.76. The van der Waals surface area contributed by atoms with Crippen LogP contribution in [0.1, 0.15) is 0 Å². The van der Waals surface area contributed by atoms with E-state index in [4.69, 9.17) is 4.42 Å². The minimum Gasteiger partial charge on any atom is -0.504 e. The number of fused-ring (bicyclic) bond motifs is 5. The Labute approximate surface area is 285 Å². The minimum atomic E-state index is -1.00. The van der Waals surface area contributed by atoms with Gasteiger partial charge in [-0.1, -0.05) is 115 Å². The maximum absolute atomic E-state index is 10.9. The first-order valence-electron chi connectivity index (χ1n) is 16.1. The molecule has 9 rings (SSSR count). The zero-order chi connectivity index (χ0) is 34.1. The van der Waals surface area contributed by atoms with E-state index in [1.807, 2.05) is 78.9 Å². The number of rotatable bonds is 4. The van der Waals surface area contributed by atoms with E-state index in [1.165, 1.54) is 0 Å². The monoisotopic (exact) mass is 652 g/mol. The lowest BCUT2D eigenvalue weighted by Crippen LogP contribution is -1.92. The Morgan fingerprint density at radius 2 is 0.720 bits per heavy atom. The lowest BCUT2D eigenvalue weighted by atomic mass is 9.84. The summed E-state index contributed by atoms with van der Waals surface area (Å²) >= 11 is 0. The highest BCUT2D eigenvalue weighted by Gasteiger charge is 2.26. The quantitative estimate of drug-likeness (QED) is 0.0734. The summed E-state index contributed by atoms with van der Waals surface area (Å²) in [7, 11) is 0. The van der Waals surface area contributed by atoms with E-state index >= 15 is 0 Å². The Morgan fingerprint density at radius 3 is 1.42 bits per heavy atom. The van der Waals surface area contributed by atoms with Crippen molar-refractivity contribution in [2.75, 3.05) is 0 Å². The van der Waals surface area contributed by atoms with Gasteiger partial charge in [0, 0.05) is 10.8 Å². The largest absolute Gasteiger partial charge is 0.504 e. The van der Waals surface area contributed by atoms with Crippen molar-refractivity contribution in [3.8, 4) is 73.3 Å². The Kier molecular flexibility index (Phi) is 6.48. The van der Waals surface area contributed by atoms with Crippen molar-refractivity contribution in [3.05, 3.63) is 140 Å². The average Bonchev–Trinajstić information content (AvgIpc) is 3.54. The molecule has 50 heavy (non-hydrogen) atoms. The minimum absolute atomic E-state index is 0.205. The summed E-state index contributed by atoms with van der Waals surface area (Å²) in [5.74, 6) is -4.35. The van der Waals surface area contributed by atoms with Crippen LogP contribution in [0.4, 0.5) is 0 Å². The van der Waals surface area contributed by atoms with Crippen LogP contribution in [-0.2, 0) is 0 Å². The highest BCUT2D eigenvalue weighted by Crippen LogP contribution is 2.55. The van der Waals surface area contributed by atoms with Crippen molar-refractivity contribution in [1.82, 2.24) is 0 Å². The first-order chi connectivity index (χ1) is 24.4. The third-order valence-corrected chi connectivity index (χ3v) is 9.63. The summed E-state index contributed by atoms with van der Waals surface area (Å²) in [4.78, 5) is 0. The van der Waals surface area contributed by atoms with Crippen molar-refractivity contribution in [2.45, 2.75) is 0 Å². The zero-order valence-corrected chi connectivity index (χ0v) is 26.4. The van der Waals surface area contributed by atoms with Crippen molar-refractivity contribution in [3.63, 3.8) is 0 Å². The van der Waals surface area contributed by atoms with Crippen LogP contribution in [0.15, 0.2) is 144 Å². The number of phenols is 5. The molecule has 6 heteroatoms. The number of aromatic hydroxyl groups is 5. The van der Waals surface area contributed by atoms with Gasteiger partial charge in [0.15, 0.2) is 11.5 Å². The Bertz CT molecular complexity index is 2770. The third-order valence-electron chi connectivity index (χ3n) is 9.63. The molecule has 5 N–H and O–H groups in total. The van der Waals surface area contributed by atoms with E-state index in [9.17, 15) is 25.5 Å². The van der Waals surface area contributed by atoms with E-state index in [-0.39, 0.29) is 5.56 Å². The molecule has 0 saturated carbocycles. The van der Waals surface area contributed by atoms with Gasteiger partial charge in [0.1, 0.15) is 11.2 Å². The molecular weight excluding hydrogens is 624 g/mol. The molecule has 9 aromatic rings. The lowest BCUT2D eigenvalue weighted by Gasteiger charge is -2.19. The van der Waals surface area contributed by atoms with Gasteiger partial charge >= 0.3 is 0 Å². The summed E-state index contributed by atoms with van der Waals surface area (Å²) in [5, 5.41) is 58.5. The van der Waals surface area contributed by atoms with Gasteiger partial charge in [0.2, 0.25) is 17.2 Å². The molecule has 1 aromatic heterocycles. The Morgan fingerprint density at radius 1 is 0.280 bits per heavy atom. The molecule has 240 valence electrons. The van der Waals surface area contributed by atoms with Gasteiger partial charge in [-0.3, -0.25) is 0 Å². The van der Waals surface area contributed by atoms with Crippen LogP contribution >= 0.6 is 0 Å². The molecule has 0 aliphatic rings. The number of furan rings is 1. The summed E-state index contributed by atoms with van der Waals surface area (Å²) in [6, 6.07) is 46.4. The SMILES string of the molecule is Oc1c(O)c(O)c(-c2ccc3c(-c4ccc(-c5ccccc5)cc4)c4ccccc4c(-c4ccc5oc6ccccc6c5c4)c3c2)c(O)c1O. The molecule has 0 radical (unpaired) electrons. The van der Waals surface area contributed by atoms with Crippen LogP contribution in [0, 0.1) is 0 Å². The van der Waals surface area contributed by atoms with Crippen molar-refractivity contribution >= 4 is 43.5 Å². The number of hydrogen-bond acceptors (Lipinski definition) is 6. The smallest absolute Gasteiger partial charge is 0.208 e. The average molecular weight is 653 g/mol.